The van der Waals surface area contributed by atoms with Crippen molar-refractivity contribution in [3.63, 3.8) is 0 Å². The quantitative estimate of drug-likeness (QED) is 0.154. The van der Waals surface area contributed by atoms with Gasteiger partial charge < -0.3 is 5.32 Å². The summed E-state index contributed by atoms with van der Waals surface area (Å²) in [6, 6.07) is 11.7. The lowest BCUT2D eigenvalue weighted by atomic mass is 10.1. The van der Waals surface area contributed by atoms with Gasteiger partial charge in [0, 0.05) is 23.1 Å². The van der Waals surface area contributed by atoms with E-state index in [9.17, 15) is 28.1 Å². The average molecular weight is 490 g/mol. The van der Waals surface area contributed by atoms with Gasteiger partial charge in [0.15, 0.2) is 0 Å². The molecule has 1 N–H and O–H groups in total. The van der Waals surface area contributed by atoms with Gasteiger partial charge >= 0.3 is 6.18 Å². The van der Waals surface area contributed by atoms with E-state index in [4.69, 9.17) is 0 Å². The summed E-state index contributed by atoms with van der Waals surface area (Å²) in [5, 5.41) is 16.2. The smallest absolute Gasteiger partial charge is 0.325 e. The van der Waals surface area contributed by atoms with E-state index in [1.807, 2.05) is 35.7 Å². The highest BCUT2D eigenvalue weighted by molar-refractivity contribution is 8.00. The van der Waals surface area contributed by atoms with Crippen LogP contribution in [0.1, 0.15) is 5.56 Å². The highest BCUT2D eigenvalue weighted by Crippen LogP contribution is 2.39. The molecule has 168 valence electrons. The number of benzene rings is 2. The normalized spacial score (nSPS) is 11.5. The number of carbonyl (C=O) groups excluding carboxylic acids is 1. The maximum Gasteiger partial charge on any atom is 0.418 e. The number of thioether (sulfide) groups is 1. The first-order valence-corrected chi connectivity index (χ1v) is 11.2. The van der Waals surface area contributed by atoms with Gasteiger partial charge in [-0.25, -0.2) is 9.97 Å². The van der Waals surface area contributed by atoms with Crippen LogP contribution in [-0.4, -0.2) is 26.6 Å². The maximum absolute atomic E-state index is 13.3. The van der Waals surface area contributed by atoms with Crippen LogP contribution in [0.5, 0.6) is 0 Å². The molecule has 2 heterocycles. The third-order valence-electron chi connectivity index (χ3n) is 4.55. The molecular formula is C21H13F3N4O3S2. The number of anilines is 1. The summed E-state index contributed by atoms with van der Waals surface area (Å²) < 4.78 is 40.0. The van der Waals surface area contributed by atoms with Gasteiger partial charge in [-0.15, -0.1) is 11.3 Å². The van der Waals surface area contributed by atoms with E-state index in [1.165, 1.54) is 17.7 Å². The van der Waals surface area contributed by atoms with Crippen LogP contribution in [0.15, 0.2) is 65.3 Å². The van der Waals surface area contributed by atoms with Crippen molar-refractivity contribution in [1.82, 2.24) is 9.97 Å². The van der Waals surface area contributed by atoms with Crippen molar-refractivity contribution in [2.75, 3.05) is 11.1 Å². The molecule has 0 aliphatic rings. The summed E-state index contributed by atoms with van der Waals surface area (Å²) in [5.41, 5.74) is -0.709. The van der Waals surface area contributed by atoms with Gasteiger partial charge in [-0.1, -0.05) is 42.1 Å². The standard InChI is InChI=1S/C21H13F3N4O3S2/c22-21(23,24)15-8-13(28(30)31)6-7-16(15)27-17(29)10-33-20-18-14(12-4-2-1-3-5-12)9-32-19(18)25-11-26-20/h1-9,11H,10H2,(H,27,29). The molecule has 0 atom stereocenters. The number of nitrogens with one attached hydrogen (secondary N) is 1. The number of alkyl halides is 3. The number of thiophene rings is 1. The molecule has 4 aromatic rings. The Morgan fingerprint density at radius 2 is 1.91 bits per heavy atom. The number of nitro groups is 1. The molecule has 7 nitrogen and oxygen atoms in total. The Kier molecular flexibility index (Phi) is 6.29. The zero-order valence-corrected chi connectivity index (χ0v) is 18.1. The molecule has 0 aliphatic carbocycles. The lowest BCUT2D eigenvalue weighted by Gasteiger charge is -2.13. The second-order valence-electron chi connectivity index (χ2n) is 6.70. The fourth-order valence-electron chi connectivity index (χ4n) is 3.10. The number of hydrogen-bond acceptors (Lipinski definition) is 7. The fourth-order valence-corrected chi connectivity index (χ4v) is 4.89. The Morgan fingerprint density at radius 3 is 2.61 bits per heavy atom. The molecule has 0 aliphatic heterocycles. The SMILES string of the molecule is O=C(CSc1ncnc2scc(-c3ccccc3)c12)Nc1ccc([N+](=O)[O-])cc1C(F)(F)F. The van der Waals surface area contributed by atoms with E-state index in [2.05, 4.69) is 15.3 Å². The predicted octanol–water partition coefficient (Wildman–Crippen LogP) is 6.02. The lowest BCUT2D eigenvalue weighted by molar-refractivity contribution is -0.385. The van der Waals surface area contributed by atoms with Crippen molar-refractivity contribution in [2.24, 2.45) is 0 Å². The Morgan fingerprint density at radius 1 is 1.15 bits per heavy atom. The first-order chi connectivity index (χ1) is 15.7. The lowest BCUT2D eigenvalue weighted by Crippen LogP contribution is -2.18. The summed E-state index contributed by atoms with van der Waals surface area (Å²) in [6.07, 6.45) is -3.51. The maximum atomic E-state index is 13.3. The summed E-state index contributed by atoms with van der Waals surface area (Å²) in [6.45, 7) is 0. The van der Waals surface area contributed by atoms with Crippen LogP contribution in [0.25, 0.3) is 21.3 Å². The summed E-state index contributed by atoms with van der Waals surface area (Å²) >= 11 is 2.49. The highest BCUT2D eigenvalue weighted by atomic mass is 32.2. The fraction of sp³-hybridized carbons (Fsp3) is 0.0952. The van der Waals surface area contributed by atoms with Crippen LogP contribution in [0.4, 0.5) is 24.5 Å². The molecule has 12 heteroatoms. The van der Waals surface area contributed by atoms with Gasteiger partial charge in [-0.05, 0) is 11.6 Å². The number of aromatic nitrogens is 2. The third kappa shape index (κ3) is 4.96. The molecule has 0 unspecified atom stereocenters. The molecule has 0 radical (unpaired) electrons. The van der Waals surface area contributed by atoms with Gasteiger partial charge in [0.1, 0.15) is 16.2 Å². The minimum atomic E-state index is -4.87. The molecule has 2 aromatic carbocycles. The topological polar surface area (TPSA) is 98.0 Å². The average Bonchev–Trinajstić information content (AvgIpc) is 3.22. The predicted molar refractivity (Wildman–Crippen MR) is 120 cm³/mol. The van der Waals surface area contributed by atoms with Crippen molar-refractivity contribution < 1.29 is 22.9 Å². The molecular weight excluding hydrogens is 477 g/mol. The number of rotatable bonds is 6. The van der Waals surface area contributed by atoms with Crippen LogP contribution in [0.2, 0.25) is 0 Å². The van der Waals surface area contributed by atoms with Crippen molar-refractivity contribution in [3.05, 3.63) is 75.9 Å². The van der Waals surface area contributed by atoms with E-state index in [0.717, 1.165) is 45.2 Å². The van der Waals surface area contributed by atoms with Crippen LogP contribution >= 0.6 is 23.1 Å². The molecule has 0 saturated heterocycles. The Hall–Kier alpha value is -3.51. The molecule has 4 rings (SSSR count). The number of hydrogen-bond donors (Lipinski definition) is 1. The number of nitro benzene ring substituents is 1. The molecule has 0 fully saturated rings. The zero-order chi connectivity index (χ0) is 23.6. The van der Waals surface area contributed by atoms with E-state index >= 15 is 0 Å². The van der Waals surface area contributed by atoms with E-state index in [-0.39, 0.29) is 5.75 Å². The van der Waals surface area contributed by atoms with Gasteiger partial charge in [-0.3, -0.25) is 14.9 Å². The van der Waals surface area contributed by atoms with Crippen molar-refractivity contribution in [3.8, 4) is 11.1 Å². The van der Waals surface area contributed by atoms with Gasteiger partial charge in [-0.2, -0.15) is 13.2 Å². The molecule has 1 amide bonds. The minimum Gasteiger partial charge on any atom is -0.325 e. The number of halogens is 3. The number of fused-ring (bicyclic) bond motifs is 1. The van der Waals surface area contributed by atoms with Crippen LogP contribution in [-0.2, 0) is 11.0 Å². The number of amides is 1. The van der Waals surface area contributed by atoms with Crippen molar-refractivity contribution >= 4 is 50.6 Å². The van der Waals surface area contributed by atoms with Crippen molar-refractivity contribution in [1.29, 1.82) is 0 Å². The second-order valence-corrected chi connectivity index (χ2v) is 8.52. The highest BCUT2D eigenvalue weighted by Gasteiger charge is 2.35. The molecule has 2 aromatic heterocycles. The van der Waals surface area contributed by atoms with E-state index in [1.54, 1.807) is 0 Å². The van der Waals surface area contributed by atoms with Gasteiger partial charge in [0.2, 0.25) is 5.91 Å². The molecule has 0 spiro atoms. The Balaban J connectivity index is 1.56. The van der Waals surface area contributed by atoms with Crippen LogP contribution < -0.4 is 5.32 Å². The Bertz CT molecular complexity index is 1340. The van der Waals surface area contributed by atoms with Gasteiger partial charge in [0.25, 0.3) is 5.69 Å². The first-order valence-electron chi connectivity index (χ1n) is 9.30. The number of nitrogens with zero attached hydrogens (tertiary/aromatic N) is 3. The summed E-state index contributed by atoms with van der Waals surface area (Å²) in [4.78, 5) is 31.6. The monoisotopic (exact) mass is 490 g/mol. The van der Waals surface area contributed by atoms with Crippen LogP contribution in [0, 0.1) is 10.1 Å². The largest absolute Gasteiger partial charge is 0.418 e. The minimum absolute atomic E-state index is 0.218. The second kappa shape index (κ2) is 9.16. The molecule has 0 saturated carbocycles. The number of carbonyl (C=O) groups is 1. The molecule has 0 bridgehead atoms. The van der Waals surface area contributed by atoms with Crippen LogP contribution in [0.3, 0.4) is 0 Å². The zero-order valence-electron chi connectivity index (χ0n) is 16.5. The van der Waals surface area contributed by atoms with Crippen molar-refractivity contribution in [2.45, 2.75) is 11.2 Å². The Labute approximate surface area is 192 Å². The van der Waals surface area contributed by atoms with E-state index < -0.39 is 33.9 Å². The van der Waals surface area contributed by atoms with Gasteiger partial charge in [0.05, 0.1) is 27.3 Å². The first kappa shape index (κ1) is 22.7. The van der Waals surface area contributed by atoms with E-state index in [0.29, 0.717) is 11.1 Å². The number of non-ortho nitro benzene ring substituents is 1. The molecule has 33 heavy (non-hydrogen) atoms. The third-order valence-corrected chi connectivity index (χ3v) is 6.43. The summed E-state index contributed by atoms with van der Waals surface area (Å²) in [5.74, 6) is -0.924. The summed E-state index contributed by atoms with van der Waals surface area (Å²) in [7, 11) is 0.